The monoisotopic (exact) mass is 236 g/mol. The fourth-order valence-electron chi connectivity index (χ4n) is 1.51. The Morgan fingerprint density at radius 2 is 1.56 bits per heavy atom. The van der Waals surface area contributed by atoms with Crippen molar-refractivity contribution in [2.24, 2.45) is 20.0 Å². The Morgan fingerprint density at radius 1 is 0.778 bits per heavy atom. The van der Waals surface area contributed by atoms with Crippen molar-refractivity contribution >= 4 is 24.1 Å². The smallest absolute Gasteiger partial charge is 0.182 e. The molecule has 0 unspecified atom stereocenters. The first-order valence-corrected chi connectivity index (χ1v) is 5.30. The van der Waals surface area contributed by atoms with Crippen LogP contribution in [0.4, 0.5) is 11.4 Å². The molecule has 0 spiro atoms. The van der Waals surface area contributed by atoms with E-state index in [1.165, 1.54) is 12.7 Å². The Bertz CT molecular complexity index is 657. The molecule has 0 saturated heterocycles. The van der Waals surface area contributed by atoms with Gasteiger partial charge in [0.25, 0.3) is 0 Å². The van der Waals surface area contributed by atoms with Crippen LogP contribution in [0, 0.1) is 0 Å². The van der Waals surface area contributed by atoms with Crippen LogP contribution in [-0.2, 0) is 0 Å². The van der Waals surface area contributed by atoms with E-state index < -0.39 is 0 Å². The van der Waals surface area contributed by atoms with Gasteiger partial charge in [0.1, 0.15) is 29.4 Å². The Kier molecular flexibility index (Phi) is 2.67. The summed E-state index contributed by atoms with van der Waals surface area (Å²) in [6.07, 6.45) is 8.13. The average molecular weight is 236 g/mol. The maximum atomic E-state index is 4.07. The first-order valence-electron chi connectivity index (χ1n) is 5.30. The summed E-state index contributed by atoms with van der Waals surface area (Å²) in [5.41, 5.74) is 2.13. The van der Waals surface area contributed by atoms with E-state index in [2.05, 4.69) is 29.9 Å². The molecule has 0 atom stereocenters. The summed E-state index contributed by atoms with van der Waals surface area (Å²) in [6.45, 7) is 0. The molecule has 0 amide bonds. The number of hydrogen-bond donors (Lipinski definition) is 0. The first kappa shape index (κ1) is 10.4. The largest absolute Gasteiger partial charge is 0.265 e. The lowest BCUT2D eigenvalue weighted by molar-refractivity contribution is 1.16. The van der Waals surface area contributed by atoms with Gasteiger partial charge in [-0.3, -0.25) is 4.98 Å². The number of fused-ring (bicyclic) bond motifs is 3. The van der Waals surface area contributed by atoms with Crippen LogP contribution < -0.4 is 10.8 Å². The lowest BCUT2D eigenvalue weighted by Crippen LogP contribution is -2.11. The fraction of sp³-hybridized carbons (Fsp3) is 0. The van der Waals surface area contributed by atoms with Gasteiger partial charge in [0.2, 0.25) is 0 Å². The average Bonchev–Trinajstić information content (AvgIpc) is 3.09. The van der Waals surface area contributed by atoms with Crippen molar-refractivity contribution in [3.8, 4) is 0 Å². The second kappa shape index (κ2) is 4.62. The van der Waals surface area contributed by atoms with E-state index in [1.807, 2.05) is 18.2 Å². The number of aromatic nitrogens is 2. The minimum absolute atomic E-state index is 0.628. The summed E-state index contributed by atoms with van der Waals surface area (Å²) in [5.74, 6) is 0. The third-order valence-electron chi connectivity index (χ3n) is 2.30. The summed E-state index contributed by atoms with van der Waals surface area (Å²) in [5, 5.41) is 0.767. The van der Waals surface area contributed by atoms with Gasteiger partial charge in [-0.1, -0.05) is 6.07 Å². The SMILES string of the molecule is C1=Nc2c3c(ncc2=N1)=NC=N3.c1ccncc1. The van der Waals surface area contributed by atoms with E-state index in [-0.39, 0.29) is 0 Å². The minimum atomic E-state index is 0.628. The van der Waals surface area contributed by atoms with Crippen LogP contribution >= 0.6 is 0 Å². The van der Waals surface area contributed by atoms with Crippen LogP contribution in [0.3, 0.4) is 0 Å². The molecule has 2 aliphatic heterocycles. The molecule has 0 aliphatic carbocycles. The highest BCUT2D eigenvalue weighted by atomic mass is 15.0. The first-order chi connectivity index (χ1) is 8.95. The van der Waals surface area contributed by atoms with Gasteiger partial charge in [-0.15, -0.1) is 0 Å². The maximum Gasteiger partial charge on any atom is 0.182 e. The Morgan fingerprint density at radius 3 is 2.28 bits per heavy atom. The zero-order valence-corrected chi connectivity index (χ0v) is 9.30. The van der Waals surface area contributed by atoms with Gasteiger partial charge in [0.15, 0.2) is 5.49 Å². The molecule has 0 aromatic carbocycles. The van der Waals surface area contributed by atoms with Gasteiger partial charge in [-0.25, -0.2) is 25.0 Å². The molecule has 2 aromatic rings. The van der Waals surface area contributed by atoms with Crippen LogP contribution in [0.1, 0.15) is 0 Å². The number of pyridine rings is 2. The van der Waals surface area contributed by atoms with Crippen molar-refractivity contribution in [1.29, 1.82) is 0 Å². The number of nitrogens with zero attached hydrogens (tertiary/aromatic N) is 6. The molecular weight excluding hydrogens is 228 g/mol. The van der Waals surface area contributed by atoms with Crippen LogP contribution in [0.15, 0.2) is 56.8 Å². The van der Waals surface area contributed by atoms with Gasteiger partial charge >= 0.3 is 0 Å². The number of rotatable bonds is 0. The number of hydrogen-bond acceptors (Lipinski definition) is 6. The molecule has 2 aromatic heterocycles. The third-order valence-corrected chi connectivity index (χ3v) is 2.30. The van der Waals surface area contributed by atoms with Gasteiger partial charge in [-0.05, 0) is 12.1 Å². The van der Waals surface area contributed by atoms with Gasteiger partial charge < -0.3 is 0 Å². The second-order valence-electron chi connectivity index (χ2n) is 3.44. The van der Waals surface area contributed by atoms with E-state index in [4.69, 9.17) is 0 Å². The molecule has 0 saturated carbocycles. The van der Waals surface area contributed by atoms with Crippen molar-refractivity contribution in [2.45, 2.75) is 0 Å². The molecule has 6 heteroatoms. The van der Waals surface area contributed by atoms with E-state index in [0.717, 1.165) is 16.7 Å². The van der Waals surface area contributed by atoms with E-state index in [1.54, 1.807) is 18.6 Å². The summed E-state index contributed by atoms with van der Waals surface area (Å²) in [6, 6.07) is 5.72. The molecule has 4 heterocycles. The van der Waals surface area contributed by atoms with E-state index in [9.17, 15) is 0 Å². The Balaban J connectivity index is 0.000000142. The topological polar surface area (TPSA) is 75.2 Å². The van der Waals surface area contributed by atoms with Crippen molar-refractivity contribution in [1.82, 2.24) is 9.97 Å². The van der Waals surface area contributed by atoms with Crippen LogP contribution in [0.2, 0.25) is 0 Å². The highest BCUT2D eigenvalue weighted by Gasteiger charge is 2.11. The summed E-state index contributed by atoms with van der Waals surface area (Å²) in [7, 11) is 0. The van der Waals surface area contributed by atoms with Crippen molar-refractivity contribution < 1.29 is 0 Å². The number of aliphatic imine (C=N–C) groups is 2. The van der Waals surface area contributed by atoms with Gasteiger partial charge in [-0.2, -0.15) is 0 Å². The van der Waals surface area contributed by atoms with Crippen LogP contribution in [0.5, 0.6) is 0 Å². The van der Waals surface area contributed by atoms with Crippen LogP contribution in [-0.4, -0.2) is 22.6 Å². The van der Waals surface area contributed by atoms with E-state index in [0.29, 0.717) is 5.49 Å². The summed E-state index contributed by atoms with van der Waals surface area (Å²) >= 11 is 0. The highest BCUT2D eigenvalue weighted by Crippen LogP contribution is 2.20. The van der Waals surface area contributed by atoms with Crippen molar-refractivity contribution in [3.63, 3.8) is 0 Å². The molecule has 0 fully saturated rings. The lowest BCUT2D eigenvalue weighted by Gasteiger charge is -1.91. The van der Waals surface area contributed by atoms with Gasteiger partial charge in [0.05, 0.1) is 6.20 Å². The highest BCUT2D eigenvalue weighted by molar-refractivity contribution is 5.78. The predicted octanol–water partition coefficient (Wildman–Crippen LogP) is 0.749. The zero-order valence-electron chi connectivity index (χ0n) is 9.30. The molecule has 0 radical (unpaired) electrons. The quantitative estimate of drug-likeness (QED) is 0.676. The summed E-state index contributed by atoms with van der Waals surface area (Å²) < 4.78 is 0. The molecule has 86 valence electrons. The second-order valence-corrected chi connectivity index (χ2v) is 3.44. The van der Waals surface area contributed by atoms with Gasteiger partial charge in [0, 0.05) is 12.4 Å². The minimum Gasteiger partial charge on any atom is -0.265 e. The molecule has 0 bridgehead atoms. The molecular formula is C12H8N6. The normalized spacial score (nSPS) is 12.9. The van der Waals surface area contributed by atoms with Crippen molar-refractivity contribution in [3.05, 3.63) is 47.6 Å². The maximum absolute atomic E-state index is 4.07. The Hall–Kier alpha value is -2.76. The lowest BCUT2D eigenvalue weighted by atomic mass is 10.3. The Labute approximate surface area is 102 Å². The fourth-order valence-corrected chi connectivity index (χ4v) is 1.51. The summed E-state index contributed by atoms with van der Waals surface area (Å²) in [4.78, 5) is 23.9. The molecule has 0 N–H and O–H groups in total. The van der Waals surface area contributed by atoms with E-state index >= 15 is 0 Å². The molecule has 4 rings (SSSR count). The van der Waals surface area contributed by atoms with Crippen molar-refractivity contribution in [2.75, 3.05) is 0 Å². The molecule has 2 aliphatic rings. The molecule has 18 heavy (non-hydrogen) atoms. The standard InChI is InChI=1S/C7H3N5.C5H5N/c1-4-5(10-2-9-4)6-7(8-1)12-3-11-6;1-2-4-6-5-3-1/h1-3H;1-5H. The molecule has 6 nitrogen and oxygen atoms in total. The van der Waals surface area contributed by atoms with Crippen LogP contribution in [0.25, 0.3) is 0 Å². The third kappa shape index (κ3) is 1.91. The zero-order chi connectivity index (χ0) is 12.2. The predicted molar refractivity (Wildman–Crippen MR) is 67.1 cm³/mol.